The predicted molar refractivity (Wildman–Crippen MR) is 123 cm³/mol. The first-order valence-electron chi connectivity index (χ1n) is 9.95. The van der Waals surface area contributed by atoms with E-state index < -0.39 is 0 Å². The molecule has 0 aliphatic heterocycles. The quantitative estimate of drug-likeness (QED) is 0.360. The van der Waals surface area contributed by atoms with Gasteiger partial charge in [0.25, 0.3) is 0 Å². The minimum absolute atomic E-state index is 0.953. The number of benzene rings is 4. The smallest absolute Gasteiger partial charge is 0.0979 e. The zero-order chi connectivity index (χ0) is 20.0. The van der Waals surface area contributed by atoms with Gasteiger partial charge in [-0.05, 0) is 48.9 Å². The summed E-state index contributed by atoms with van der Waals surface area (Å²) in [6.45, 7) is 6.34. The summed E-state index contributed by atoms with van der Waals surface area (Å²) < 4.78 is 0. The van der Waals surface area contributed by atoms with E-state index in [1.165, 1.54) is 21.9 Å². The van der Waals surface area contributed by atoms with Gasteiger partial charge in [0, 0.05) is 16.5 Å². The molecule has 1 aliphatic carbocycles. The van der Waals surface area contributed by atoms with Crippen LogP contribution < -0.4 is 0 Å². The van der Waals surface area contributed by atoms with E-state index in [9.17, 15) is 0 Å². The Bertz CT molecular complexity index is 1300. The minimum atomic E-state index is 0.953. The molecule has 0 saturated heterocycles. The fourth-order valence-electron chi connectivity index (χ4n) is 4.12. The molecule has 2 heteroatoms. The van der Waals surface area contributed by atoms with Gasteiger partial charge in [0.05, 0.1) is 22.8 Å². The van der Waals surface area contributed by atoms with Crippen molar-refractivity contribution in [1.82, 2.24) is 0 Å². The number of nitrogens with zero attached hydrogens (tertiary/aromatic N) is 2. The molecule has 2 nitrogen and oxygen atoms in total. The summed E-state index contributed by atoms with van der Waals surface area (Å²) in [6.07, 6.45) is 0. The Labute approximate surface area is 171 Å². The highest BCUT2D eigenvalue weighted by Crippen LogP contribution is 2.35. The molecule has 0 fully saturated rings. The van der Waals surface area contributed by atoms with Crippen molar-refractivity contribution in [2.45, 2.75) is 20.8 Å². The molecular weight excluding hydrogens is 352 g/mol. The summed E-state index contributed by atoms with van der Waals surface area (Å²) in [5.41, 5.74) is 9.76. The molecule has 0 amide bonds. The molecule has 29 heavy (non-hydrogen) atoms. The van der Waals surface area contributed by atoms with E-state index in [4.69, 9.17) is 9.98 Å². The lowest BCUT2D eigenvalue weighted by molar-refractivity contribution is 1.33. The van der Waals surface area contributed by atoms with E-state index in [2.05, 4.69) is 93.6 Å². The Morgan fingerprint density at radius 3 is 1.72 bits per heavy atom. The van der Waals surface area contributed by atoms with Crippen molar-refractivity contribution in [1.29, 1.82) is 0 Å². The van der Waals surface area contributed by atoms with Crippen LogP contribution in [0.4, 0.5) is 11.4 Å². The Kier molecular flexibility index (Phi) is 4.13. The van der Waals surface area contributed by atoms with Crippen molar-refractivity contribution >= 4 is 33.6 Å². The first-order valence-corrected chi connectivity index (χ1v) is 9.95. The molecule has 140 valence electrons. The van der Waals surface area contributed by atoms with Gasteiger partial charge >= 0.3 is 0 Å². The summed E-state index contributed by atoms with van der Waals surface area (Å²) in [4.78, 5) is 10.3. The van der Waals surface area contributed by atoms with Crippen LogP contribution in [-0.2, 0) is 0 Å². The van der Waals surface area contributed by atoms with Crippen LogP contribution >= 0.6 is 0 Å². The highest BCUT2D eigenvalue weighted by molar-refractivity contribution is 6.61. The SMILES string of the molecule is Cc1ccccc1N=C1C(=Nc2c(C)cccc2C)c2cccc3cccc1c23. The van der Waals surface area contributed by atoms with Gasteiger partial charge in [0.1, 0.15) is 0 Å². The summed E-state index contributed by atoms with van der Waals surface area (Å²) in [5, 5.41) is 2.47. The lowest BCUT2D eigenvalue weighted by Crippen LogP contribution is -2.10. The maximum atomic E-state index is 5.19. The first-order chi connectivity index (χ1) is 14.1. The lowest BCUT2D eigenvalue weighted by atomic mass is 10.1. The predicted octanol–water partition coefficient (Wildman–Crippen LogP) is 7.02. The van der Waals surface area contributed by atoms with Crippen LogP contribution in [0.3, 0.4) is 0 Å². The van der Waals surface area contributed by atoms with Crippen LogP contribution in [0.1, 0.15) is 27.8 Å². The van der Waals surface area contributed by atoms with Crippen molar-refractivity contribution < 1.29 is 0 Å². The third-order valence-corrected chi connectivity index (χ3v) is 5.65. The molecule has 5 rings (SSSR count). The lowest BCUT2D eigenvalue weighted by Gasteiger charge is -2.09. The minimum Gasteiger partial charge on any atom is -0.246 e. The standard InChI is InChI=1S/C27H22N2/c1-17-9-4-5-16-23(17)28-26-21-14-7-12-20-13-8-15-22(24(20)21)27(26)29-25-18(2)10-6-11-19(25)3/h4-16H,1-3H3. The second-order valence-electron chi connectivity index (χ2n) is 7.66. The molecule has 0 unspecified atom stereocenters. The van der Waals surface area contributed by atoms with Crippen LogP contribution in [0.25, 0.3) is 10.8 Å². The number of aryl methyl sites for hydroxylation is 3. The summed E-state index contributed by atoms with van der Waals surface area (Å²) in [6, 6.07) is 27.5. The van der Waals surface area contributed by atoms with Crippen LogP contribution in [0.5, 0.6) is 0 Å². The molecule has 0 N–H and O–H groups in total. The van der Waals surface area contributed by atoms with Crippen molar-refractivity contribution in [3.8, 4) is 0 Å². The molecule has 0 atom stereocenters. The number of hydrogen-bond acceptors (Lipinski definition) is 2. The van der Waals surface area contributed by atoms with Crippen molar-refractivity contribution in [3.63, 3.8) is 0 Å². The van der Waals surface area contributed by atoms with Gasteiger partial charge in [0.15, 0.2) is 0 Å². The molecule has 0 spiro atoms. The van der Waals surface area contributed by atoms with E-state index in [0.29, 0.717) is 0 Å². The van der Waals surface area contributed by atoms with Gasteiger partial charge in [-0.2, -0.15) is 0 Å². The van der Waals surface area contributed by atoms with Crippen LogP contribution in [0, 0.1) is 20.8 Å². The highest BCUT2D eigenvalue weighted by atomic mass is 14.8. The summed E-state index contributed by atoms with van der Waals surface area (Å²) >= 11 is 0. The number of aliphatic imine (C=N–C) groups is 2. The van der Waals surface area contributed by atoms with E-state index >= 15 is 0 Å². The fourth-order valence-corrected chi connectivity index (χ4v) is 4.12. The molecule has 4 aromatic rings. The molecule has 0 bridgehead atoms. The van der Waals surface area contributed by atoms with Gasteiger partial charge in [0.2, 0.25) is 0 Å². The number of hydrogen-bond donors (Lipinski definition) is 0. The molecular formula is C27H22N2. The number of rotatable bonds is 2. The molecule has 0 radical (unpaired) electrons. The van der Waals surface area contributed by atoms with Crippen LogP contribution in [0.2, 0.25) is 0 Å². The summed E-state index contributed by atoms with van der Waals surface area (Å²) in [7, 11) is 0. The Morgan fingerprint density at radius 2 is 1.07 bits per heavy atom. The van der Waals surface area contributed by atoms with Gasteiger partial charge in [-0.1, -0.05) is 72.8 Å². The second kappa shape index (κ2) is 6.82. The Balaban J connectivity index is 1.84. The monoisotopic (exact) mass is 374 g/mol. The first kappa shape index (κ1) is 17.6. The maximum Gasteiger partial charge on any atom is 0.0979 e. The fraction of sp³-hybridized carbons (Fsp3) is 0.111. The van der Waals surface area contributed by atoms with Crippen molar-refractivity contribution in [2.24, 2.45) is 9.98 Å². The Hall–Kier alpha value is -3.52. The average Bonchev–Trinajstić information content (AvgIpc) is 3.02. The zero-order valence-corrected chi connectivity index (χ0v) is 16.9. The van der Waals surface area contributed by atoms with E-state index in [1.54, 1.807) is 0 Å². The van der Waals surface area contributed by atoms with Gasteiger partial charge < -0.3 is 0 Å². The van der Waals surface area contributed by atoms with Gasteiger partial charge in [-0.3, -0.25) is 0 Å². The average molecular weight is 374 g/mol. The van der Waals surface area contributed by atoms with Gasteiger partial charge in [-0.15, -0.1) is 0 Å². The summed E-state index contributed by atoms with van der Waals surface area (Å²) in [5.74, 6) is 0. The second-order valence-corrected chi connectivity index (χ2v) is 7.66. The molecule has 0 saturated carbocycles. The molecule has 4 aromatic carbocycles. The van der Waals surface area contributed by atoms with E-state index in [1.807, 2.05) is 6.07 Å². The van der Waals surface area contributed by atoms with E-state index in [0.717, 1.165) is 39.5 Å². The van der Waals surface area contributed by atoms with Gasteiger partial charge in [-0.25, -0.2) is 9.98 Å². The number of para-hydroxylation sites is 2. The topological polar surface area (TPSA) is 24.7 Å². The maximum absolute atomic E-state index is 5.19. The normalized spacial score (nSPS) is 15.6. The third-order valence-electron chi connectivity index (χ3n) is 5.65. The molecule has 0 heterocycles. The largest absolute Gasteiger partial charge is 0.246 e. The van der Waals surface area contributed by atoms with Crippen molar-refractivity contribution in [2.75, 3.05) is 0 Å². The third kappa shape index (κ3) is 2.89. The van der Waals surface area contributed by atoms with Crippen molar-refractivity contribution in [3.05, 3.63) is 107 Å². The Morgan fingerprint density at radius 1 is 0.517 bits per heavy atom. The molecule has 0 aromatic heterocycles. The highest BCUT2D eigenvalue weighted by Gasteiger charge is 2.27. The molecule has 1 aliphatic rings. The van der Waals surface area contributed by atoms with Crippen LogP contribution in [-0.4, -0.2) is 11.4 Å². The van der Waals surface area contributed by atoms with Crippen LogP contribution in [0.15, 0.2) is 88.8 Å². The van der Waals surface area contributed by atoms with E-state index in [-0.39, 0.29) is 0 Å². The zero-order valence-electron chi connectivity index (χ0n) is 16.9.